The fourth-order valence-electron chi connectivity index (χ4n) is 2.00. The van der Waals surface area contributed by atoms with E-state index in [0.717, 1.165) is 0 Å². The topological polar surface area (TPSA) is 69.6 Å². The van der Waals surface area contributed by atoms with Gasteiger partial charge in [0.15, 0.2) is 5.65 Å². The second-order valence-electron chi connectivity index (χ2n) is 4.22. The molecule has 1 aliphatic rings. The predicted octanol–water partition coefficient (Wildman–Crippen LogP) is 2.13. The second-order valence-corrected chi connectivity index (χ2v) is 4.22. The highest BCUT2D eigenvalue weighted by atomic mass is 35.5. The zero-order chi connectivity index (χ0) is 11.8. The van der Waals surface area contributed by atoms with Gasteiger partial charge in [-0.05, 0) is 30.4 Å². The number of rotatable bonds is 3. The van der Waals surface area contributed by atoms with E-state index in [2.05, 4.69) is 4.98 Å². The average molecular weight is 304 g/mol. The number of nitrogens with zero attached hydrogens (tertiary/aromatic N) is 2. The third-order valence-electron chi connectivity index (χ3n) is 2.99. The summed E-state index contributed by atoms with van der Waals surface area (Å²) in [5.74, 6) is 0.164. The van der Waals surface area contributed by atoms with E-state index in [1.807, 2.05) is 22.9 Å². The molecule has 0 atom stereocenters. The van der Waals surface area contributed by atoms with Gasteiger partial charge in [0, 0.05) is 18.6 Å². The van der Waals surface area contributed by atoms with Crippen molar-refractivity contribution in [2.75, 3.05) is 6.73 Å². The fraction of sp³-hybridized carbons (Fsp3) is 0.333. The Balaban J connectivity index is 0.000000902. The molecule has 2 N–H and O–H groups in total. The van der Waals surface area contributed by atoms with Crippen LogP contribution in [0.5, 0.6) is 0 Å². The van der Waals surface area contributed by atoms with Gasteiger partial charge < -0.3 is 9.14 Å². The molecule has 2 aromatic rings. The van der Waals surface area contributed by atoms with E-state index in [1.165, 1.54) is 18.4 Å². The Morgan fingerprint density at radius 1 is 1.47 bits per heavy atom. The summed E-state index contributed by atoms with van der Waals surface area (Å²) in [7, 11) is 0. The largest absolute Gasteiger partial charge is 0.446 e. The average Bonchev–Trinajstić information content (AvgIpc) is 3.06. The molecule has 0 bridgehead atoms. The Kier molecular flexibility index (Phi) is 5.17. The summed E-state index contributed by atoms with van der Waals surface area (Å²) in [6, 6.07) is 1.87. The van der Waals surface area contributed by atoms with Crippen LogP contribution in [-0.2, 0) is 4.74 Å². The molecule has 1 saturated carbocycles. The van der Waals surface area contributed by atoms with Gasteiger partial charge in [-0.25, -0.2) is 9.78 Å². The van der Waals surface area contributed by atoms with E-state index < -0.39 is 5.97 Å². The van der Waals surface area contributed by atoms with E-state index in [4.69, 9.17) is 10.5 Å². The van der Waals surface area contributed by atoms with Crippen molar-refractivity contribution in [2.45, 2.75) is 18.8 Å². The van der Waals surface area contributed by atoms with Gasteiger partial charge in [0.05, 0.1) is 0 Å². The molecule has 7 heteroatoms. The number of hydrogen-bond acceptors (Lipinski definition) is 4. The Bertz CT molecular complexity index is 581. The number of carbonyl (C=O) groups is 1. The van der Waals surface area contributed by atoms with Crippen molar-refractivity contribution in [3.05, 3.63) is 35.8 Å². The normalized spacial score (nSPS) is 13.5. The lowest BCUT2D eigenvalue weighted by atomic mass is 10.1. The minimum atomic E-state index is -0.411. The fourth-order valence-corrected chi connectivity index (χ4v) is 2.00. The van der Waals surface area contributed by atoms with Gasteiger partial charge in [0.2, 0.25) is 0 Å². The maximum atomic E-state index is 11.8. The zero-order valence-electron chi connectivity index (χ0n) is 10.1. The molecule has 0 aliphatic heterocycles. The molecule has 0 unspecified atom stereocenters. The van der Waals surface area contributed by atoms with Crippen LogP contribution in [-0.4, -0.2) is 22.1 Å². The molecule has 0 saturated heterocycles. The van der Waals surface area contributed by atoms with Crippen molar-refractivity contribution in [3.8, 4) is 0 Å². The van der Waals surface area contributed by atoms with E-state index >= 15 is 0 Å². The van der Waals surface area contributed by atoms with E-state index in [0.29, 0.717) is 17.1 Å². The second kappa shape index (κ2) is 6.23. The van der Waals surface area contributed by atoms with Crippen molar-refractivity contribution < 1.29 is 9.53 Å². The summed E-state index contributed by atoms with van der Waals surface area (Å²) >= 11 is 0. The van der Waals surface area contributed by atoms with Crippen LogP contribution in [0.2, 0.25) is 0 Å². The number of nitrogens with two attached hydrogens (primary N) is 1. The Labute approximate surface area is 123 Å². The Hall–Kier alpha value is -1.30. The lowest BCUT2D eigenvalue weighted by molar-refractivity contribution is 0.0517. The van der Waals surface area contributed by atoms with Crippen molar-refractivity contribution >= 4 is 36.4 Å². The number of hydrogen-bond donors (Lipinski definition) is 1. The summed E-state index contributed by atoms with van der Waals surface area (Å²) in [5.41, 5.74) is 7.50. The van der Waals surface area contributed by atoms with E-state index in [9.17, 15) is 4.79 Å². The predicted molar refractivity (Wildman–Crippen MR) is 76.1 cm³/mol. The summed E-state index contributed by atoms with van der Waals surface area (Å²) in [5, 5.41) is 0. The lowest BCUT2D eigenvalue weighted by Gasteiger charge is -2.06. The molecule has 19 heavy (non-hydrogen) atoms. The van der Waals surface area contributed by atoms with Gasteiger partial charge in [0.25, 0.3) is 0 Å². The molecule has 2 heterocycles. The Morgan fingerprint density at radius 2 is 2.21 bits per heavy atom. The molecule has 0 amide bonds. The first-order valence-electron chi connectivity index (χ1n) is 5.63. The maximum absolute atomic E-state index is 11.8. The van der Waals surface area contributed by atoms with E-state index in [1.54, 1.807) is 6.20 Å². The molecule has 0 spiro atoms. The maximum Gasteiger partial charge on any atom is 0.343 e. The van der Waals surface area contributed by atoms with Crippen molar-refractivity contribution in [1.29, 1.82) is 0 Å². The summed E-state index contributed by atoms with van der Waals surface area (Å²) in [6.07, 6.45) is 7.90. The molecule has 5 nitrogen and oxygen atoms in total. The van der Waals surface area contributed by atoms with Crippen LogP contribution in [0.3, 0.4) is 0 Å². The number of fused-ring (bicyclic) bond motifs is 1. The van der Waals surface area contributed by atoms with Gasteiger partial charge in [-0.3, -0.25) is 5.73 Å². The quantitative estimate of drug-likeness (QED) is 0.696. The molecule has 0 aromatic carbocycles. The standard InChI is InChI=1S/C12H13N3O2.2ClH/c13-7-17-12(16)10-5-9(8-1-2-8)6-15-4-3-14-11(10)15;;/h3-6,8H,1-2,7,13H2;2*1H. The number of pyridine rings is 1. The van der Waals surface area contributed by atoms with Crippen LogP contribution in [0.4, 0.5) is 0 Å². The van der Waals surface area contributed by atoms with Crippen LogP contribution < -0.4 is 5.73 Å². The number of ether oxygens (including phenoxy) is 1. The van der Waals surface area contributed by atoms with Crippen molar-refractivity contribution in [1.82, 2.24) is 9.38 Å². The molecule has 0 radical (unpaired) electrons. The number of carbonyl (C=O) groups excluding carboxylic acids is 1. The van der Waals surface area contributed by atoms with Crippen LogP contribution >= 0.6 is 24.8 Å². The zero-order valence-corrected chi connectivity index (χ0v) is 11.7. The van der Waals surface area contributed by atoms with Crippen LogP contribution in [0.1, 0.15) is 34.7 Å². The highest BCUT2D eigenvalue weighted by molar-refractivity contribution is 5.96. The molecular formula is C12H15Cl2N3O2. The van der Waals surface area contributed by atoms with Crippen LogP contribution in [0, 0.1) is 0 Å². The van der Waals surface area contributed by atoms with Gasteiger partial charge in [-0.2, -0.15) is 0 Å². The number of halogens is 2. The molecule has 1 fully saturated rings. The van der Waals surface area contributed by atoms with Gasteiger partial charge in [-0.1, -0.05) is 0 Å². The third kappa shape index (κ3) is 3.00. The molecule has 104 valence electrons. The molecule has 1 aliphatic carbocycles. The first kappa shape index (κ1) is 15.8. The smallest absolute Gasteiger partial charge is 0.343 e. The third-order valence-corrected chi connectivity index (χ3v) is 2.99. The minimum Gasteiger partial charge on any atom is -0.446 e. The number of esters is 1. The summed E-state index contributed by atoms with van der Waals surface area (Å²) < 4.78 is 6.71. The van der Waals surface area contributed by atoms with Crippen LogP contribution in [0.15, 0.2) is 24.7 Å². The Morgan fingerprint density at radius 3 is 2.84 bits per heavy atom. The van der Waals surface area contributed by atoms with Crippen molar-refractivity contribution in [2.24, 2.45) is 5.73 Å². The number of imidazole rings is 1. The van der Waals surface area contributed by atoms with Gasteiger partial charge in [-0.15, -0.1) is 24.8 Å². The van der Waals surface area contributed by atoms with E-state index in [-0.39, 0.29) is 31.5 Å². The highest BCUT2D eigenvalue weighted by Gasteiger charge is 2.26. The van der Waals surface area contributed by atoms with Gasteiger partial charge in [0.1, 0.15) is 12.3 Å². The van der Waals surface area contributed by atoms with Crippen LogP contribution in [0.25, 0.3) is 5.65 Å². The monoisotopic (exact) mass is 303 g/mol. The minimum absolute atomic E-state index is 0. The highest BCUT2D eigenvalue weighted by Crippen LogP contribution is 2.40. The van der Waals surface area contributed by atoms with Gasteiger partial charge >= 0.3 is 5.97 Å². The molecule has 2 aromatic heterocycles. The molecule has 3 rings (SSSR count). The summed E-state index contributed by atoms with van der Waals surface area (Å²) in [6.45, 7) is -0.112. The number of aromatic nitrogens is 2. The SMILES string of the molecule is Cl.Cl.NCOC(=O)c1cc(C2CC2)cn2ccnc12. The first-order valence-corrected chi connectivity index (χ1v) is 5.63. The summed E-state index contributed by atoms with van der Waals surface area (Å²) in [4.78, 5) is 16.0. The molecular weight excluding hydrogens is 289 g/mol. The van der Waals surface area contributed by atoms with Crippen molar-refractivity contribution in [3.63, 3.8) is 0 Å². The first-order chi connectivity index (χ1) is 8.29. The lowest BCUT2D eigenvalue weighted by Crippen LogP contribution is -2.13.